The van der Waals surface area contributed by atoms with Crippen molar-refractivity contribution in [3.63, 3.8) is 0 Å². The van der Waals surface area contributed by atoms with E-state index in [2.05, 4.69) is 20.3 Å². The van der Waals surface area contributed by atoms with Crippen LogP contribution in [0.2, 0.25) is 0 Å². The predicted octanol–water partition coefficient (Wildman–Crippen LogP) is 5.81. The number of thioether (sulfide) groups is 1. The van der Waals surface area contributed by atoms with Gasteiger partial charge in [-0.2, -0.15) is 0 Å². The van der Waals surface area contributed by atoms with Gasteiger partial charge in [0.25, 0.3) is 0 Å². The maximum absolute atomic E-state index is 12.3. The maximum Gasteiger partial charge on any atom is 0.231 e. The molecular formula is C23H22N4OS3. The lowest BCUT2D eigenvalue weighted by atomic mass is 9.97. The second kappa shape index (κ2) is 9.06. The smallest absolute Gasteiger partial charge is 0.231 e. The first-order chi connectivity index (χ1) is 15.2. The van der Waals surface area contributed by atoms with E-state index >= 15 is 0 Å². The standard InChI is InChI=1S/C23H22N4OS3/c1-14-6-8-15(9-7-14)26-19(28)10-20-27-16(11-29-20)12-30-22-21-17-4-2-3-5-18(17)31-23(21)25-13-24-22/h6-9,11,13H,2-5,10,12H2,1H3,(H,26,28). The number of aryl methyl sites for hydroxylation is 3. The number of carbonyl (C=O) groups excluding carboxylic acids is 1. The van der Waals surface area contributed by atoms with Crippen molar-refractivity contribution in [2.45, 2.75) is 49.8 Å². The van der Waals surface area contributed by atoms with E-state index < -0.39 is 0 Å². The molecule has 5 rings (SSSR count). The van der Waals surface area contributed by atoms with Crippen LogP contribution in [-0.2, 0) is 29.8 Å². The third kappa shape index (κ3) is 4.66. The first kappa shape index (κ1) is 20.6. The molecule has 0 aliphatic heterocycles. The summed E-state index contributed by atoms with van der Waals surface area (Å²) in [5.74, 6) is 0.701. The molecule has 0 unspecified atom stereocenters. The van der Waals surface area contributed by atoms with Crippen molar-refractivity contribution in [3.05, 3.63) is 62.7 Å². The first-order valence-electron chi connectivity index (χ1n) is 10.3. The second-order valence-corrected chi connectivity index (χ2v) is 10.7. The Morgan fingerprint density at radius 2 is 2.00 bits per heavy atom. The summed E-state index contributed by atoms with van der Waals surface area (Å²) in [6, 6.07) is 7.82. The number of anilines is 1. The molecule has 0 bridgehead atoms. The quantitative estimate of drug-likeness (QED) is 0.287. The van der Waals surface area contributed by atoms with Crippen molar-refractivity contribution >= 4 is 56.2 Å². The third-order valence-electron chi connectivity index (χ3n) is 5.32. The monoisotopic (exact) mass is 466 g/mol. The minimum Gasteiger partial charge on any atom is -0.326 e. The highest BCUT2D eigenvalue weighted by atomic mass is 32.2. The van der Waals surface area contributed by atoms with Crippen molar-refractivity contribution in [3.8, 4) is 0 Å². The molecule has 0 spiro atoms. The Morgan fingerprint density at radius 1 is 1.16 bits per heavy atom. The first-order valence-corrected chi connectivity index (χ1v) is 13.0. The number of thiophene rings is 1. The molecule has 3 aromatic heterocycles. The van der Waals surface area contributed by atoms with E-state index in [1.807, 2.05) is 47.9 Å². The normalized spacial score (nSPS) is 13.3. The summed E-state index contributed by atoms with van der Waals surface area (Å²) in [6.45, 7) is 2.03. The minimum atomic E-state index is -0.0418. The van der Waals surface area contributed by atoms with Gasteiger partial charge in [-0.05, 0) is 50.3 Å². The second-order valence-electron chi connectivity index (χ2n) is 7.68. The van der Waals surface area contributed by atoms with Gasteiger partial charge in [-0.1, -0.05) is 29.5 Å². The number of carbonyl (C=O) groups is 1. The van der Waals surface area contributed by atoms with Crippen LogP contribution in [0, 0.1) is 6.92 Å². The molecule has 31 heavy (non-hydrogen) atoms. The van der Waals surface area contributed by atoms with Gasteiger partial charge in [0, 0.05) is 27.1 Å². The number of thiazole rings is 1. The number of fused-ring (bicyclic) bond motifs is 3. The van der Waals surface area contributed by atoms with Gasteiger partial charge >= 0.3 is 0 Å². The number of nitrogens with zero attached hydrogens (tertiary/aromatic N) is 3. The average Bonchev–Trinajstić information content (AvgIpc) is 3.38. The minimum absolute atomic E-state index is 0.0418. The zero-order chi connectivity index (χ0) is 21.2. The van der Waals surface area contributed by atoms with Crippen LogP contribution < -0.4 is 5.32 Å². The Balaban J connectivity index is 1.24. The molecule has 1 amide bonds. The summed E-state index contributed by atoms with van der Waals surface area (Å²) in [4.78, 5) is 28.7. The summed E-state index contributed by atoms with van der Waals surface area (Å²) in [7, 11) is 0. The van der Waals surface area contributed by atoms with E-state index in [4.69, 9.17) is 0 Å². The van der Waals surface area contributed by atoms with Crippen LogP contribution in [0.5, 0.6) is 0 Å². The van der Waals surface area contributed by atoms with E-state index in [0.29, 0.717) is 6.42 Å². The number of amides is 1. The Bertz CT molecular complexity index is 1230. The highest BCUT2D eigenvalue weighted by Gasteiger charge is 2.20. The van der Waals surface area contributed by atoms with E-state index in [0.717, 1.165) is 38.4 Å². The van der Waals surface area contributed by atoms with Gasteiger partial charge in [0.15, 0.2) is 0 Å². The molecule has 0 saturated heterocycles. The highest BCUT2D eigenvalue weighted by Crippen LogP contribution is 2.39. The summed E-state index contributed by atoms with van der Waals surface area (Å²) < 4.78 is 0. The SMILES string of the molecule is Cc1ccc(NC(=O)Cc2nc(CSc3ncnc4sc5c(c34)CCCC5)cs2)cc1. The molecule has 0 fully saturated rings. The van der Waals surface area contributed by atoms with E-state index in [9.17, 15) is 4.79 Å². The summed E-state index contributed by atoms with van der Waals surface area (Å²) >= 11 is 5.08. The molecule has 5 nitrogen and oxygen atoms in total. The fourth-order valence-corrected chi connectivity index (χ4v) is 6.90. The molecule has 0 radical (unpaired) electrons. The molecule has 1 aliphatic rings. The summed E-state index contributed by atoms with van der Waals surface area (Å²) in [5, 5.41) is 8.12. The fourth-order valence-electron chi connectivity index (χ4n) is 3.79. The zero-order valence-corrected chi connectivity index (χ0v) is 19.6. The van der Waals surface area contributed by atoms with Crippen LogP contribution in [0.1, 0.15) is 39.5 Å². The number of rotatable bonds is 6. The topological polar surface area (TPSA) is 67.8 Å². The van der Waals surface area contributed by atoms with Gasteiger partial charge in [-0.3, -0.25) is 4.79 Å². The number of hydrogen-bond acceptors (Lipinski definition) is 7. The molecule has 0 saturated carbocycles. The van der Waals surface area contributed by atoms with Gasteiger partial charge in [0.1, 0.15) is 21.2 Å². The average molecular weight is 467 g/mol. The van der Waals surface area contributed by atoms with E-state index in [-0.39, 0.29) is 5.91 Å². The molecule has 0 atom stereocenters. The van der Waals surface area contributed by atoms with Gasteiger partial charge in [0.2, 0.25) is 5.91 Å². The summed E-state index contributed by atoms with van der Waals surface area (Å²) in [6.07, 6.45) is 6.79. The molecule has 158 valence electrons. The van der Waals surface area contributed by atoms with Crippen LogP contribution in [-0.4, -0.2) is 20.9 Å². The Labute approximate surface area is 193 Å². The maximum atomic E-state index is 12.3. The lowest BCUT2D eigenvalue weighted by molar-refractivity contribution is -0.115. The van der Waals surface area contributed by atoms with Gasteiger partial charge in [-0.15, -0.1) is 22.7 Å². The number of hydrogen-bond donors (Lipinski definition) is 1. The number of nitrogens with one attached hydrogen (secondary N) is 1. The molecule has 1 N–H and O–H groups in total. The van der Waals surface area contributed by atoms with Crippen molar-refractivity contribution in [2.24, 2.45) is 0 Å². The van der Waals surface area contributed by atoms with Crippen LogP contribution >= 0.6 is 34.4 Å². The van der Waals surface area contributed by atoms with Crippen LogP contribution in [0.4, 0.5) is 5.69 Å². The van der Waals surface area contributed by atoms with Crippen LogP contribution in [0.15, 0.2) is 41.0 Å². The van der Waals surface area contributed by atoms with Crippen LogP contribution in [0.25, 0.3) is 10.2 Å². The highest BCUT2D eigenvalue weighted by molar-refractivity contribution is 7.98. The number of aromatic nitrogens is 3. The van der Waals surface area contributed by atoms with Gasteiger partial charge in [-0.25, -0.2) is 15.0 Å². The Hall–Kier alpha value is -2.29. The Morgan fingerprint density at radius 3 is 2.87 bits per heavy atom. The van der Waals surface area contributed by atoms with Crippen molar-refractivity contribution in [1.82, 2.24) is 15.0 Å². The molecule has 4 aromatic rings. The lowest BCUT2D eigenvalue weighted by Crippen LogP contribution is -2.14. The molecule has 1 aromatic carbocycles. The van der Waals surface area contributed by atoms with Crippen molar-refractivity contribution in [2.75, 3.05) is 5.32 Å². The largest absolute Gasteiger partial charge is 0.326 e. The van der Waals surface area contributed by atoms with Gasteiger partial charge in [0.05, 0.1) is 12.1 Å². The lowest BCUT2D eigenvalue weighted by Gasteiger charge is -2.11. The molecule has 3 heterocycles. The zero-order valence-electron chi connectivity index (χ0n) is 17.2. The summed E-state index contributed by atoms with van der Waals surface area (Å²) in [5.41, 5.74) is 4.43. The fraction of sp³-hybridized carbons (Fsp3) is 0.304. The molecule has 1 aliphatic carbocycles. The van der Waals surface area contributed by atoms with Crippen LogP contribution in [0.3, 0.4) is 0 Å². The predicted molar refractivity (Wildman–Crippen MR) is 129 cm³/mol. The number of benzene rings is 1. The molecular weight excluding hydrogens is 444 g/mol. The van der Waals surface area contributed by atoms with E-state index in [1.54, 1.807) is 18.1 Å². The Kier molecular flexibility index (Phi) is 6.02. The van der Waals surface area contributed by atoms with Crippen molar-refractivity contribution in [1.29, 1.82) is 0 Å². The van der Waals surface area contributed by atoms with E-state index in [1.165, 1.54) is 52.0 Å². The molecule has 8 heteroatoms. The van der Waals surface area contributed by atoms with Gasteiger partial charge < -0.3 is 5.32 Å². The van der Waals surface area contributed by atoms with Crippen molar-refractivity contribution < 1.29 is 4.79 Å². The third-order valence-corrected chi connectivity index (χ3v) is 8.44.